The highest BCUT2D eigenvalue weighted by molar-refractivity contribution is 8.18. The van der Waals surface area contributed by atoms with Crippen LogP contribution < -0.4 is 9.47 Å². The number of carboxylic acid groups (broad SMARTS) is 1. The topological polar surface area (TPSA) is 88.4 Å². The summed E-state index contributed by atoms with van der Waals surface area (Å²) in [7, 11) is 1.60. The number of aliphatic imine (C=N–C) groups is 1. The number of amidine groups is 1. The van der Waals surface area contributed by atoms with E-state index in [0.717, 1.165) is 16.9 Å². The second-order valence-corrected chi connectivity index (χ2v) is 9.59. The fourth-order valence-corrected chi connectivity index (χ4v) is 4.88. The van der Waals surface area contributed by atoms with E-state index in [-0.39, 0.29) is 18.0 Å². The minimum atomic E-state index is -1.00. The van der Waals surface area contributed by atoms with Crippen LogP contribution in [0.2, 0.25) is 0 Å². The number of carboxylic acids is 1. The van der Waals surface area contributed by atoms with E-state index in [0.29, 0.717) is 27.3 Å². The Bertz CT molecular complexity index is 1550. The van der Waals surface area contributed by atoms with Gasteiger partial charge in [-0.15, -0.1) is 0 Å². The molecule has 0 unspecified atom stereocenters. The number of hydrogen-bond donors (Lipinski definition) is 1. The van der Waals surface area contributed by atoms with Gasteiger partial charge in [-0.05, 0) is 89.6 Å². The maximum absolute atomic E-state index is 13.6. The Kier molecular flexibility index (Phi) is 7.75. The number of carbonyl (C=O) groups is 2. The van der Waals surface area contributed by atoms with Crippen LogP contribution in [0.5, 0.6) is 17.2 Å². The Morgan fingerprint density at radius 2 is 1.62 bits per heavy atom. The predicted molar refractivity (Wildman–Crippen MR) is 153 cm³/mol. The van der Waals surface area contributed by atoms with Gasteiger partial charge in [0.25, 0.3) is 5.91 Å². The smallest absolute Gasteiger partial charge is 0.335 e. The van der Waals surface area contributed by atoms with Crippen molar-refractivity contribution in [1.82, 2.24) is 4.90 Å². The van der Waals surface area contributed by atoms with Crippen molar-refractivity contribution in [2.24, 2.45) is 4.99 Å². The largest absolute Gasteiger partial charge is 0.497 e. The van der Waals surface area contributed by atoms with Gasteiger partial charge in [-0.25, -0.2) is 9.79 Å². The van der Waals surface area contributed by atoms with Crippen LogP contribution in [-0.2, 0) is 11.3 Å². The van der Waals surface area contributed by atoms with Crippen molar-refractivity contribution in [1.29, 1.82) is 0 Å². The lowest BCUT2D eigenvalue weighted by molar-refractivity contribution is -0.122. The molecule has 39 heavy (non-hydrogen) atoms. The van der Waals surface area contributed by atoms with Crippen LogP contribution in [-0.4, -0.2) is 34.2 Å². The molecule has 1 aliphatic heterocycles. The van der Waals surface area contributed by atoms with Crippen LogP contribution in [0.3, 0.4) is 0 Å². The molecule has 0 aliphatic carbocycles. The molecule has 7 nitrogen and oxygen atoms in total. The molecule has 194 valence electrons. The first-order valence-corrected chi connectivity index (χ1v) is 12.9. The minimum absolute atomic E-state index is 0.186. The predicted octanol–water partition coefficient (Wildman–Crippen LogP) is 6.99. The molecular formula is C31H24N2O5S. The molecular weight excluding hydrogens is 512 g/mol. The first kappa shape index (κ1) is 25.8. The highest BCUT2D eigenvalue weighted by Crippen LogP contribution is 2.36. The molecule has 1 amide bonds. The number of carbonyl (C=O) groups excluding carboxylic acids is 1. The highest BCUT2D eigenvalue weighted by atomic mass is 32.2. The van der Waals surface area contributed by atoms with Gasteiger partial charge in [0.2, 0.25) is 0 Å². The summed E-state index contributed by atoms with van der Waals surface area (Å²) in [4.78, 5) is 31.7. The molecule has 1 heterocycles. The SMILES string of the molecule is COc1ccc(N=C2S/C(=C\c3cccc(Oc4ccccc4)c3)C(=O)N2Cc2ccc(C(=O)O)cc2)cc1. The second kappa shape index (κ2) is 11.7. The quantitative estimate of drug-likeness (QED) is 0.244. The lowest BCUT2D eigenvalue weighted by Gasteiger charge is -2.16. The average Bonchev–Trinajstić information content (AvgIpc) is 3.23. The van der Waals surface area contributed by atoms with Gasteiger partial charge in [-0.1, -0.05) is 42.5 Å². The average molecular weight is 537 g/mol. The molecule has 0 spiro atoms. The summed E-state index contributed by atoms with van der Waals surface area (Å²) in [6.45, 7) is 0.245. The van der Waals surface area contributed by atoms with Gasteiger partial charge in [0.15, 0.2) is 5.17 Å². The number of thioether (sulfide) groups is 1. The van der Waals surface area contributed by atoms with Gasteiger partial charge in [0, 0.05) is 0 Å². The maximum atomic E-state index is 13.6. The fourth-order valence-electron chi connectivity index (χ4n) is 3.88. The number of ether oxygens (including phenoxy) is 2. The number of para-hydroxylation sites is 1. The molecule has 4 aromatic rings. The molecule has 8 heteroatoms. The summed E-state index contributed by atoms with van der Waals surface area (Å²) >= 11 is 1.28. The zero-order valence-electron chi connectivity index (χ0n) is 21.0. The van der Waals surface area contributed by atoms with E-state index < -0.39 is 5.97 Å². The number of rotatable bonds is 8. The fraction of sp³-hybridized carbons (Fsp3) is 0.0645. The van der Waals surface area contributed by atoms with E-state index in [2.05, 4.69) is 0 Å². The van der Waals surface area contributed by atoms with Crippen LogP contribution in [0.1, 0.15) is 21.5 Å². The van der Waals surface area contributed by atoms with Gasteiger partial charge in [0.1, 0.15) is 17.2 Å². The molecule has 1 aliphatic rings. The van der Waals surface area contributed by atoms with Crippen LogP contribution in [0.4, 0.5) is 5.69 Å². The summed E-state index contributed by atoms with van der Waals surface area (Å²) in [6, 6.07) is 30.8. The molecule has 1 fully saturated rings. The van der Waals surface area contributed by atoms with Crippen molar-refractivity contribution < 1.29 is 24.2 Å². The Morgan fingerprint density at radius 1 is 0.897 bits per heavy atom. The van der Waals surface area contributed by atoms with Gasteiger partial charge >= 0.3 is 5.97 Å². The number of amides is 1. The summed E-state index contributed by atoms with van der Waals surface area (Å²) in [5, 5.41) is 9.73. The monoisotopic (exact) mass is 536 g/mol. The summed E-state index contributed by atoms with van der Waals surface area (Å²) < 4.78 is 11.2. The molecule has 0 bridgehead atoms. The summed E-state index contributed by atoms with van der Waals surface area (Å²) in [5.74, 6) is 0.905. The van der Waals surface area contributed by atoms with Crippen LogP contribution in [0.15, 0.2) is 113 Å². The van der Waals surface area contributed by atoms with E-state index in [1.54, 1.807) is 24.1 Å². The van der Waals surface area contributed by atoms with Crippen molar-refractivity contribution in [2.45, 2.75) is 6.54 Å². The normalized spacial score (nSPS) is 15.1. The first-order chi connectivity index (χ1) is 19.0. The first-order valence-electron chi connectivity index (χ1n) is 12.1. The second-order valence-electron chi connectivity index (χ2n) is 8.58. The molecule has 1 N–H and O–H groups in total. The Morgan fingerprint density at radius 3 is 2.31 bits per heavy atom. The number of hydrogen-bond acceptors (Lipinski definition) is 6. The molecule has 0 aromatic heterocycles. The Balaban J connectivity index is 1.44. The molecule has 0 radical (unpaired) electrons. The number of benzene rings is 4. The van der Waals surface area contributed by atoms with E-state index in [9.17, 15) is 14.7 Å². The molecule has 0 atom stereocenters. The van der Waals surface area contributed by atoms with Crippen molar-refractivity contribution in [3.8, 4) is 17.2 Å². The van der Waals surface area contributed by atoms with Crippen molar-refractivity contribution in [3.05, 3.63) is 125 Å². The lowest BCUT2D eigenvalue weighted by atomic mass is 10.1. The van der Waals surface area contributed by atoms with Crippen LogP contribution in [0.25, 0.3) is 6.08 Å². The molecule has 5 rings (SSSR count). The number of nitrogens with zero attached hydrogens (tertiary/aromatic N) is 2. The van der Waals surface area contributed by atoms with Crippen molar-refractivity contribution >= 4 is 40.6 Å². The third-order valence-electron chi connectivity index (χ3n) is 5.86. The summed E-state index contributed by atoms with van der Waals surface area (Å²) in [5.41, 5.74) is 2.47. The Labute approximate surface area is 230 Å². The number of methoxy groups -OCH3 is 1. The minimum Gasteiger partial charge on any atom is -0.497 e. The van der Waals surface area contributed by atoms with Gasteiger partial charge in [-0.3, -0.25) is 9.69 Å². The van der Waals surface area contributed by atoms with Crippen molar-refractivity contribution in [3.63, 3.8) is 0 Å². The molecule has 4 aromatic carbocycles. The van der Waals surface area contributed by atoms with Crippen LogP contribution in [0, 0.1) is 0 Å². The van der Waals surface area contributed by atoms with Gasteiger partial charge in [0.05, 0.1) is 29.8 Å². The molecule has 0 saturated carbocycles. The van der Waals surface area contributed by atoms with Crippen molar-refractivity contribution in [2.75, 3.05) is 7.11 Å². The number of aromatic carboxylic acids is 1. The van der Waals surface area contributed by atoms with Crippen LogP contribution >= 0.6 is 11.8 Å². The zero-order chi connectivity index (χ0) is 27.2. The van der Waals surface area contributed by atoms with E-state index >= 15 is 0 Å². The maximum Gasteiger partial charge on any atom is 0.335 e. The zero-order valence-corrected chi connectivity index (χ0v) is 21.8. The van der Waals surface area contributed by atoms with Gasteiger partial charge < -0.3 is 14.6 Å². The highest BCUT2D eigenvalue weighted by Gasteiger charge is 2.33. The van der Waals surface area contributed by atoms with E-state index in [4.69, 9.17) is 14.5 Å². The standard InChI is InChI=1S/C31H24N2O5S/c1-37-25-16-14-24(15-17-25)32-31-33(20-21-10-12-23(13-11-21)30(35)36)29(34)28(39-31)19-22-6-5-9-27(18-22)38-26-7-3-2-4-8-26/h2-19H,20H2,1H3,(H,35,36)/b28-19-,32-31?. The Hall–Kier alpha value is -4.82. The van der Waals surface area contributed by atoms with E-state index in [1.807, 2.05) is 84.9 Å². The molecule has 1 saturated heterocycles. The van der Waals surface area contributed by atoms with Gasteiger partial charge in [-0.2, -0.15) is 0 Å². The third-order valence-corrected chi connectivity index (χ3v) is 6.87. The summed E-state index contributed by atoms with van der Waals surface area (Å²) in [6.07, 6.45) is 1.82. The van der Waals surface area contributed by atoms with E-state index in [1.165, 1.54) is 23.9 Å². The lowest BCUT2D eigenvalue weighted by Crippen LogP contribution is -2.28. The third kappa shape index (κ3) is 6.37.